The van der Waals surface area contributed by atoms with Gasteiger partial charge in [0.05, 0.1) is 6.33 Å². The second-order valence-electron chi connectivity index (χ2n) is 6.22. The lowest BCUT2D eigenvalue weighted by atomic mass is 9.91. The van der Waals surface area contributed by atoms with Crippen molar-refractivity contribution < 1.29 is 0 Å². The van der Waals surface area contributed by atoms with E-state index < -0.39 is 0 Å². The van der Waals surface area contributed by atoms with Gasteiger partial charge in [-0.1, -0.05) is 45.0 Å². The smallest absolute Gasteiger partial charge is 0.0951 e. The minimum Gasteiger partial charge on any atom is -0.330 e. The number of hydrogen-bond donors (Lipinski definition) is 1. The van der Waals surface area contributed by atoms with Gasteiger partial charge in [0, 0.05) is 25.0 Å². The van der Waals surface area contributed by atoms with E-state index in [1.165, 1.54) is 16.8 Å². The summed E-state index contributed by atoms with van der Waals surface area (Å²) in [6.45, 7) is 8.17. The molecule has 0 bridgehead atoms. The molecule has 0 aliphatic heterocycles. The van der Waals surface area contributed by atoms with Crippen molar-refractivity contribution in [2.75, 3.05) is 0 Å². The molecule has 0 amide bonds. The van der Waals surface area contributed by atoms with Gasteiger partial charge in [0.2, 0.25) is 0 Å². The van der Waals surface area contributed by atoms with Crippen LogP contribution >= 0.6 is 0 Å². The minimum absolute atomic E-state index is 0.269. The Bertz CT molecular complexity index is 535. The molecule has 2 rings (SSSR count). The van der Waals surface area contributed by atoms with Gasteiger partial charge in [0.25, 0.3) is 0 Å². The fourth-order valence-electron chi connectivity index (χ4n) is 2.28. The molecule has 0 radical (unpaired) electrons. The number of benzene rings is 1. The molecule has 0 aliphatic carbocycles. The van der Waals surface area contributed by atoms with Crippen molar-refractivity contribution in [3.05, 3.63) is 53.6 Å². The largest absolute Gasteiger partial charge is 0.330 e. The predicted octanol–water partition coefficient (Wildman–Crippen LogP) is 2.98. The van der Waals surface area contributed by atoms with Gasteiger partial charge in [-0.2, -0.15) is 0 Å². The average molecular weight is 257 g/mol. The highest BCUT2D eigenvalue weighted by molar-refractivity contribution is 5.27. The fraction of sp³-hybridized carbons (Fsp3) is 0.438. The number of aromatic nitrogens is 2. The van der Waals surface area contributed by atoms with E-state index in [9.17, 15) is 0 Å². The molecule has 102 valence electrons. The van der Waals surface area contributed by atoms with Crippen LogP contribution in [0.15, 0.2) is 36.8 Å². The molecule has 0 saturated carbocycles. The average Bonchev–Trinajstić information content (AvgIpc) is 2.75. The lowest BCUT2D eigenvalue weighted by Crippen LogP contribution is -2.14. The van der Waals surface area contributed by atoms with Crippen LogP contribution in [-0.2, 0) is 19.5 Å². The van der Waals surface area contributed by atoms with Crippen LogP contribution in [0.3, 0.4) is 0 Å². The van der Waals surface area contributed by atoms with Crippen molar-refractivity contribution in [3.8, 4) is 0 Å². The van der Waals surface area contributed by atoms with Crippen molar-refractivity contribution >= 4 is 0 Å². The molecular formula is C16H23N3. The zero-order valence-corrected chi connectivity index (χ0v) is 12.1. The third-order valence-corrected chi connectivity index (χ3v) is 3.19. The molecule has 0 atom stereocenters. The summed E-state index contributed by atoms with van der Waals surface area (Å²) < 4.78 is 2.22. The highest BCUT2D eigenvalue weighted by Gasteiger charge is 2.14. The van der Waals surface area contributed by atoms with Gasteiger partial charge >= 0.3 is 0 Å². The van der Waals surface area contributed by atoms with Gasteiger partial charge in [-0.15, -0.1) is 0 Å². The number of imidazole rings is 1. The summed E-state index contributed by atoms with van der Waals surface area (Å²) in [5.41, 5.74) is 9.82. The summed E-state index contributed by atoms with van der Waals surface area (Å²) >= 11 is 0. The Hall–Kier alpha value is -1.61. The Morgan fingerprint density at radius 2 is 1.84 bits per heavy atom. The zero-order chi connectivity index (χ0) is 13.9. The van der Waals surface area contributed by atoms with Crippen LogP contribution in [0, 0.1) is 5.41 Å². The highest BCUT2D eigenvalue weighted by Crippen LogP contribution is 2.21. The number of rotatable bonds is 4. The maximum Gasteiger partial charge on any atom is 0.0951 e. The molecule has 1 heterocycles. The number of hydrogen-bond acceptors (Lipinski definition) is 2. The summed E-state index contributed by atoms with van der Waals surface area (Å²) in [5, 5.41) is 0. The Balaban J connectivity index is 2.22. The molecule has 0 aliphatic rings. The Morgan fingerprint density at radius 3 is 2.47 bits per heavy atom. The standard InChI is InChI=1S/C16H23N3/c1-16(2,3)8-15-10-18-12-19(15)11-14-7-5-4-6-13(14)9-17/h4-7,10,12H,8-9,11,17H2,1-3H3. The maximum atomic E-state index is 5.79. The molecule has 0 spiro atoms. The molecule has 2 aromatic rings. The summed E-state index contributed by atoms with van der Waals surface area (Å²) in [6, 6.07) is 8.34. The topological polar surface area (TPSA) is 43.8 Å². The molecule has 0 saturated heterocycles. The lowest BCUT2D eigenvalue weighted by molar-refractivity contribution is 0.399. The molecule has 3 nitrogen and oxygen atoms in total. The highest BCUT2D eigenvalue weighted by atomic mass is 15.0. The van der Waals surface area contributed by atoms with Crippen LogP contribution in [-0.4, -0.2) is 9.55 Å². The Morgan fingerprint density at radius 1 is 1.16 bits per heavy atom. The van der Waals surface area contributed by atoms with Crippen molar-refractivity contribution in [1.82, 2.24) is 9.55 Å². The van der Waals surface area contributed by atoms with Gasteiger partial charge in [0.15, 0.2) is 0 Å². The van der Waals surface area contributed by atoms with Crippen LogP contribution in [0.1, 0.15) is 37.6 Å². The Kier molecular flexibility index (Phi) is 4.05. The summed E-state index contributed by atoms with van der Waals surface area (Å²) in [4.78, 5) is 4.29. The molecule has 2 N–H and O–H groups in total. The summed E-state index contributed by atoms with van der Waals surface area (Å²) in [7, 11) is 0. The second-order valence-corrected chi connectivity index (χ2v) is 6.22. The first-order valence-corrected chi connectivity index (χ1v) is 6.75. The molecular weight excluding hydrogens is 234 g/mol. The van der Waals surface area contributed by atoms with E-state index in [1.54, 1.807) is 0 Å². The quantitative estimate of drug-likeness (QED) is 0.915. The number of nitrogens with zero attached hydrogens (tertiary/aromatic N) is 2. The first-order chi connectivity index (χ1) is 8.99. The lowest BCUT2D eigenvalue weighted by Gasteiger charge is -2.19. The minimum atomic E-state index is 0.269. The van der Waals surface area contributed by atoms with E-state index in [-0.39, 0.29) is 5.41 Å². The van der Waals surface area contributed by atoms with E-state index in [4.69, 9.17) is 5.73 Å². The first kappa shape index (κ1) is 13.8. The van der Waals surface area contributed by atoms with Crippen LogP contribution < -0.4 is 5.73 Å². The Labute approximate surface area is 115 Å². The van der Waals surface area contributed by atoms with Gasteiger partial charge in [-0.05, 0) is 23.0 Å². The second kappa shape index (κ2) is 5.57. The number of nitrogens with two attached hydrogens (primary N) is 1. The monoisotopic (exact) mass is 257 g/mol. The van der Waals surface area contributed by atoms with Gasteiger partial charge in [-0.25, -0.2) is 4.98 Å². The fourth-order valence-corrected chi connectivity index (χ4v) is 2.28. The molecule has 19 heavy (non-hydrogen) atoms. The van der Waals surface area contributed by atoms with Crippen LogP contribution in [0.2, 0.25) is 0 Å². The third-order valence-electron chi connectivity index (χ3n) is 3.19. The predicted molar refractivity (Wildman–Crippen MR) is 78.8 cm³/mol. The van der Waals surface area contributed by atoms with Crippen molar-refractivity contribution in [2.24, 2.45) is 11.1 Å². The van der Waals surface area contributed by atoms with Crippen LogP contribution in [0.5, 0.6) is 0 Å². The van der Waals surface area contributed by atoms with Crippen molar-refractivity contribution in [3.63, 3.8) is 0 Å². The normalized spacial score (nSPS) is 11.8. The molecule has 1 aromatic heterocycles. The van der Waals surface area contributed by atoms with E-state index in [0.29, 0.717) is 6.54 Å². The van der Waals surface area contributed by atoms with Crippen LogP contribution in [0.25, 0.3) is 0 Å². The van der Waals surface area contributed by atoms with E-state index in [2.05, 4.69) is 48.5 Å². The molecule has 0 fully saturated rings. The van der Waals surface area contributed by atoms with E-state index >= 15 is 0 Å². The summed E-state index contributed by atoms with van der Waals surface area (Å²) in [5.74, 6) is 0. The molecule has 1 aromatic carbocycles. The first-order valence-electron chi connectivity index (χ1n) is 6.75. The van der Waals surface area contributed by atoms with Crippen molar-refractivity contribution in [2.45, 2.75) is 40.3 Å². The van der Waals surface area contributed by atoms with E-state index in [0.717, 1.165) is 13.0 Å². The van der Waals surface area contributed by atoms with Crippen molar-refractivity contribution in [1.29, 1.82) is 0 Å². The molecule has 0 unspecified atom stereocenters. The third kappa shape index (κ3) is 3.67. The SMILES string of the molecule is CC(C)(C)Cc1cncn1Cc1ccccc1CN. The zero-order valence-electron chi connectivity index (χ0n) is 12.1. The van der Waals surface area contributed by atoms with E-state index in [1.807, 2.05) is 18.6 Å². The maximum absolute atomic E-state index is 5.79. The van der Waals surface area contributed by atoms with Crippen LogP contribution in [0.4, 0.5) is 0 Å². The van der Waals surface area contributed by atoms with Gasteiger partial charge < -0.3 is 10.3 Å². The molecule has 3 heteroatoms. The van der Waals surface area contributed by atoms with Gasteiger partial charge in [-0.3, -0.25) is 0 Å². The van der Waals surface area contributed by atoms with Gasteiger partial charge in [0.1, 0.15) is 0 Å². The summed E-state index contributed by atoms with van der Waals surface area (Å²) in [6.07, 6.45) is 4.91.